The topological polar surface area (TPSA) is 25.8 Å². The Morgan fingerprint density at radius 3 is 2.85 bits per heavy atom. The van der Waals surface area contributed by atoms with Crippen molar-refractivity contribution in [2.75, 3.05) is 0 Å². The van der Waals surface area contributed by atoms with Crippen LogP contribution < -0.4 is 0 Å². The summed E-state index contributed by atoms with van der Waals surface area (Å²) in [6.45, 7) is 2.19. The Morgan fingerprint density at radius 1 is 1.46 bits per heavy atom. The summed E-state index contributed by atoms with van der Waals surface area (Å²) in [7, 11) is 0. The minimum Gasteiger partial charge on any atom is -0.137 e. The highest BCUT2D eigenvalue weighted by Gasteiger charge is 2.38. The molecule has 0 unspecified atom stereocenters. The van der Waals surface area contributed by atoms with Gasteiger partial charge in [-0.05, 0) is 29.9 Å². The predicted molar refractivity (Wildman–Crippen MR) is 53.2 cm³/mol. The van der Waals surface area contributed by atoms with E-state index in [9.17, 15) is 0 Å². The molecule has 2 atom stereocenters. The Bertz CT molecular complexity index is 327. The van der Waals surface area contributed by atoms with Crippen LogP contribution in [0.5, 0.6) is 0 Å². The zero-order valence-corrected chi connectivity index (χ0v) is 8.81. The fraction of sp³-hybridized carbons (Fsp3) is 0.556. The lowest BCUT2D eigenvalue weighted by Crippen LogP contribution is -1.91. The number of aromatic nitrogens is 2. The lowest BCUT2D eigenvalue weighted by Gasteiger charge is -2.00. The van der Waals surface area contributed by atoms with E-state index in [1.165, 1.54) is 12.8 Å². The first-order valence-corrected chi connectivity index (χ1v) is 5.16. The molecule has 0 aliphatic heterocycles. The Balaban J connectivity index is 2.25. The summed E-state index contributed by atoms with van der Waals surface area (Å²) in [6, 6.07) is 1.83. The molecular weight excluding hydrogens is 207 g/mol. The molecule has 4 heteroatoms. The third-order valence-corrected chi connectivity index (χ3v) is 3.07. The van der Waals surface area contributed by atoms with Crippen LogP contribution in [-0.4, -0.2) is 10.2 Å². The second kappa shape index (κ2) is 3.43. The van der Waals surface area contributed by atoms with Crippen molar-refractivity contribution in [2.45, 2.75) is 25.7 Å². The Kier molecular flexibility index (Phi) is 2.43. The third kappa shape index (κ3) is 1.79. The van der Waals surface area contributed by atoms with E-state index in [0.717, 1.165) is 11.5 Å². The van der Waals surface area contributed by atoms with Gasteiger partial charge >= 0.3 is 0 Å². The lowest BCUT2D eigenvalue weighted by atomic mass is 10.1. The van der Waals surface area contributed by atoms with Gasteiger partial charge in [0.15, 0.2) is 10.3 Å². The van der Waals surface area contributed by atoms with Gasteiger partial charge in [-0.15, -0.1) is 10.2 Å². The smallest absolute Gasteiger partial charge is 0.137 e. The number of nitrogens with zero attached hydrogens (tertiary/aromatic N) is 2. The summed E-state index contributed by atoms with van der Waals surface area (Å²) in [5, 5.41) is 8.41. The molecular formula is C9H10Cl2N2. The van der Waals surface area contributed by atoms with Crippen molar-refractivity contribution in [1.29, 1.82) is 0 Å². The molecule has 1 heterocycles. The van der Waals surface area contributed by atoms with Gasteiger partial charge in [0.05, 0.1) is 0 Å². The molecule has 0 bridgehead atoms. The lowest BCUT2D eigenvalue weighted by molar-refractivity contribution is 0.762. The van der Waals surface area contributed by atoms with Crippen molar-refractivity contribution in [1.82, 2.24) is 10.2 Å². The summed E-state index contributed by atoms with van der Waals surface area (Å²) in [5.74, 6) is 1.32. The first-order chi connectivity index (χ1) is 6.22. The molecule has 1 saturated carbocycles. The van der Waals surface area contributed by atoms with E-state index >= 15 is 0 Å². The van der Waals surface area contributed by atoms with Crippen LogP contribution in [0.3, 0.4) is 0 Å². The molecule has 1 aliphatic carbocycles. The summed E-state index contributed by atoms with van der Waals surface area (Å²) in [4.78, 5) is 0. The van der Waals surface area contributed by atoms with Gasteiger partial charge in [-0.3, -0.25) is 0 Å². The second-order valence-corrected chi connectivity index (χ2v) is 4.17. The second-order valence-electron chi connectivity index (χ2n) is 3.42. The maximum Gasteiger partial charge on any atom is 0.155 e. The zero-order chi connectivity index (χ0) is 9.42. The molecule has 0 aromatic carbocycles. The monoisotopic (exact) mass is 216 g/mol. The average molecular weight is 217 g/mol. The Hall–Kier alpha value is -0.340. The highest BCUT2D eigenvalue weighted by Crippen LogP contribution is 2.51. The van der Waals surface area contributed by atoms with E-state index in [-0.39, 0.29) is 0 Å². The molecule has 2 rings (SSSR count). The minimum atomic E-state index is 0.432. The third-order valence-electron chi connectivity index (χ3n) is 2.59. The molecule has 1 fully saturated rings. The molecule has 0 amide bonds. The summed E-state index contributed by atoms with van der Waals surface area (Å²) < 4.78 is 0. The summed E-state index contributed by atoms with van der Waals surface area (Å²) in [6.07, 6.45) is 2.40. The minimum absolute atomic E-state index is 0.432. The van der Waals surface area contributed by atoms with Crippen LogP contribution >= 0.6 is 23.2 Å². The SMILES string of the molecule is CC[C@H]1C[C@@H]1c1cc(Cl)nnc1Cl. The average Bonchev–Trinajstić information content (AvgIpc) is 2.88. The number of hydrogen-bond acceptors (Lipinski definition) is 2. The molecule has 0 N–H and O–H groups in total. The van der Waals surface area contributed by atoms with Crippen LogP contribution in [0, 0.1) is 5.92 Å². The van der Waals surface area contributed by atoms with Crippen molar-refractivity contribution < 1.29 is 0 Å². The maximum atomic E-state index is 5.92. The van der Waals surface area contributed by atoms with Crippen LogP contribution in [0.1, 0.15) is 31.2 Å². The van der Waals surface area contributed by atoms with Crippen LogP contribution in [0.4, 0.5) is 0 Å². The summed E-state index contributed by atoms with van der Waals surface area (Å²) >= 11 is 11.7. The van der Waals surface area contributed by atoms with E-state index in [2.05, 4.69) is 17.1 Å². The van der Waals surface area contributed by atoms with Gasteiger partial charge in [0.25, 0.3) is 0 Å². The molecule has 2 nitrogen and oxygen atoms in total. The maximum absolute atomic E-state index is 5.92. The standard InChI is InChI=1S/C9H10Cl2N2/c1-2-5-3-6(5)7-4-8(10)12-13-9(7)11/h4-6H,2-3H2,1H3/t5-,6-/m0/s1. The van der Waals surface area contributed by atoms with Gasteiger partial charge < -0.3 is 0 Å². The molecule has 1 aromatic rings. The molecule has 1 aromatic heterocycles. The number of halogens is 2. The molecule has 0 saturated heterocycles. The van der Waals surface area contributed by atoms with Crippen LogP contribution in [0.2, 0.25) is 10.3 Å². The Morgan fingerprint density at radius 2 is 2.23 bits per heavy atom. The van der Waals surface area contributed by atoms with Crippen molar-refractivity contribution in [2.24, 2.45) is 5.92 Å². The predicted octanol–water partition coefficient (Wildman–Crippen LogP) is 3.30. The quantitative estimate of drug-likeness (QED) is 0.759. The Labute approximate surface area is 87.3 Å². The van der Waals surface area contributed by atoms with Crippen LogP contribution in [0.25, 0.3) is 0 Å². The van der Waals surface area contributed by atoms with Crippen LogP contribution in [-0.2, 0) is 0 Å². The van der Waals surface area contributed by atoms with Gasteiger partial charge in [-0.25, -0.2) is 0 Å². The van der Waals surface area contributed by atoms with Crippen LogP contribution in [0.15, 0.2) is 6.07 Å². The van der Waals surface area contributed by atoms with Gasteiger partial charge in [0.1, 0.15) is 0 Å². The zero-order valence-electron chi connectivity index (χ0n) is 7.30. The van der Waals surface area contributed by atoms with Gasteiger partial charge in [0.2, 0.25) is 0 Å². The van der Waals surface area contributed by atoms with E-state index in [4.69, 9.17) is 23.2 Å². The van der Waals surface area contributed by atoms with Gasteiger partial charge in [0, 0.05) is 0 Å². The normalized spacial score (nSPS) is 26.1. The van der Waals surface area contributed by atoms with Gasteiger partial charge in [-0.1, -0.05) is 36.5 Å². The fourth-order valence-corrected chi connectivity index (χ4v) is 2.09. The molecule has 13 heavy (non-hydrogen) atoms. The number of rotatable bonds is 2. The van der Waals surface area contributed by atoms with E-state index in [1.54, 1.807) is 0 Å². The van der Waals surface area contributed by atoms with E-state index in [0.29, 0.717) is 16.2 Å². The van der Waals surface area contributed by atoms with Gasteiger partial charge in [-0.2, -0.15) is 0 Å². The molecule has 0 spiro atoms. The highest BCUT2D eigenvalue weighted by molar-refractivity contribution is 6.31. The van der Waals surface area contributed by atoms with E-state index < -0.39 is 0 Å². The first kappa shape index (κ1) is 9.22. The molecule has 70 valence electrons. The van der Waals surface area contributed by atoms with E-state index in [1.807, 2.05) is 6.07 Å². The molecule has 1 aliphatic rings. The molecule has 0 radical (unpaired) electrons. The van der Waals surface area contributed by atoms with Crippen molar-refractivity contribution >= 4 is 23.2 Å². The fourth-order valence-electron chi connectivity index (χ4n) is 1.71. The summed E-state index contributed by atoms with van der Waals surface area (Å²) in [5.41, 5.74) is 1.06. The van der Waals surface area contributed by atoms with Crippen molar-refractivity contribution in [3.63, 3.8) is 0 Å². The van der Waals surface area contributed by atoms with Crippen molar-refractivity contribution in [3.05, 3.63) is 21.9 Å². The first-order valence-electron chi connectivity index (χ1n) is 4.41. The highest BCUT2D eigenvalue weighted by atomic mass is 35.5. The largest absolute Gasteiger partial charge is 0.155 e. The van der Waals surface area contributed by atoms with Crippen molar-refractivity contribution in [3.8, 4) is 0 Å². The number of hydrogen-bond donors (Lipinski definition) is 0.